The molecular formula is C30H43N11O7. The van der Waals surface area contributed by atoms with E-state index in [0.717, 1.165) is 0 Å². The van der Waals surface area contributed by atoms with Crippen LogP contribution in [-0.2, 0) is 16.5 Å². The third-order valence-electron chi connectivity index (χ3n) is 7.12. The summed E-state index contributed by atoms with van der Waals surface area (Å²) >= 11 is 0. The molecule has 0 unspecified atom stereocenters. The first-order valence-electron chi connectivity index (χ1n) is 15.4. The Hall–Kier alpha value is -5.29. The van der Waals surface area contributed by atoms with Gasteiger partial charge in [-0.1, -0.05) is 0 Å². The smallest absolute Gasteiger partial charge is 0.410 e. The van der Waals surface area contributed by atoms with E-state index in [-0.39, 0.29) is 34.8 Å². The summed E-state index contributed by atoms with van der Waals surface area (Å²) in [6, 6.07) is 0. The van der Waals surface area contributed by atoms with E-state index in [2.05, 4.69) is 24.9 Å². The van der Waals surface area contributed by atoms with Crippen molar-refractivity contribution in [1.29, 1.82) is 0 Å². The van der Waals surface area contributed by atoms with Gasteiger partial charge in [0, 0.05) is 59.4 Å². The second kappa shape index (κ2) is 14.2. The number of carboxylic acid groups (broad SMARTS) is 1. The lowest BCUT2D eigenvalue weighted by atomic mass is 10.2. The molecule has 0 aromatic carbocycles. The second-order valence-corrected chi connectivity index (χ2v) is 13.2. The topological polar surface area (TPSA) is 215 Å². The second-order valence-electron chi connectivity index (χ2n) is 13.2. The van der Waals surface area contributed by atoms with Crippen LogP contribution < -0.4 is 21.1 Å². The normalized spacial score (nSPS) is 15.5. The van der Waals surface area contributed by atoms with Crippen LogP contribution >= 0.6 is 0 Å². The van der Waals surface area contributed by atoms with Gasteiger partial charge in [0.1, 0.15) is 22.8 Å². The molecular weight excluding hydrogens is 626 g/mol. The first kappa shape index (κ1) is 35.6. The molecule has 0 radical (unpaired) electrons. The average molecular weight is 670 g/mol. The van der Waals surface area contributed by atoms with E-state index in [9.17, 15) is 19.2 Å². The van der Waals surface area contributed by atoms with E-state index in [0.29, 0.717) is 69.6 Å². The molecule has 3 aromatic rings. The molecule has 0 spiro atoms. The molecule has 2 amide bonds. The zero-order valence-corrected chi connectivity index (χ0v) is 28.3. The Morgan fingerprint density at radius 3 is 1.67 bits per heavy atom. The van der Waals surface area contributed by atoms with Gasteiger partial charge in [-0.3, -0.25) is 4.79 Å². The Morgan fingerprint density at radius 2 is 1.21 bits per heavy atom. The maximum Gasteiger partial charge on any atom is 0.410 e. The lowest BCUT2D eigenvalue weighted by Crippen LogP contribution is -2.50. The van der Waals surface area contributed by atoms with Gasteiger partial charge in [0.15, 0.2) is 22.7 Å². The minimum absolute atomic E-state index is 0.117. The van der Waals surface area contributed by atoms with E-state index < -0.39 is 17.2 Å². The van der Waals surface area contributed by atoms with E-state index >= 15 is 0 Å². The molecule has 48 heavy (non-hydrogen) atoms. The molecule has 0 bridgehead atoms. The first-order chi connectivity index (χ1) is 22.4. The summed E-state index contributed by atoms with van der Waals surface area (Å²) in [5, 5.41) is 9.04. The van der Waals surface area contributed by atoms with Gasteiger partial charge in [-0.25, -0.2) is 39.3 Å². The highest BCUT2D eigenvalue weighted by Gasteiger charge is 2.28. The number of carbonyl (C=O) groups is 3. The van der Waals surface area contributed by atoms with E-state index in [1.807, 2.05) is 51.3 Å². The van der Waals surface area contributed by atoms with Gasteiger partial charge in [0.05, 0.1) is 18.7 Å². The number of nitrogen functional groups attached to an aromatic ring is 1. The molecule has 5 rings (SSSR count). The van der Waals surface area contributed by atoms with Crippen molar-refractivity contribution < 1.29 is 29.0 Å². The maximum absolute atomic E-state index is 12.2. The third kappa shape index (κ3) is 9.16. The minimum atomic E-state index is -1.22. The molecule has 3 aromatic heterocycles. The number of anilines is 3. The number of nitrogens with zero attached hydrogens (tertiary/aromatic N) is 10. The highest BCUT2D eigenvalue weighted by atomic mass is 16.6. The van der Waals surface area contributed by atoms with Gasteiger partial charge >= 0.3 is 18.2 Å². The maximum atomic E-state index is 12.2. The summed E-state index contributed by atoms with van der Waals surface area (Å²) in [7, 11) is 1.63. The number of piperazine rings is 2. The van der Waals surface area contributed by atoms with E-state index in [1.165, 1.54) is 17.1 Å². The van der Waals surface area contributed by atoms with Crippen LogP contribution in [0.5, 0.6) is 0 Å². The fraction of sp³-hybridized carbons (Fsp3) is 0.567. The predicted octanol–water partition coefficient (Wildman–Crippen LogP) is 1.59. The summed E-state index contributed by atoms with van der Waals surface area (Å²) < 4.78 is 12.1. The molecule has 5 heterocycles. The van der Waals surface area contributed by atoms with E-state index in [4.69, 9.17) is 20.3 Å². The van der Waals surface area contributed by atoms with Crippen molar-refractivity contribution in [1.82, 2.24) is 39.3 Å². The molecule has 3 N–H and O–H groups in total. The Bertz CT molecular complexity index is 1700. The molecule has 0 saturated carbocycles. The Kier molecular flexibility index (Phi) is 10.5. The first-order valence-corrected chi connectivity index (χ1v) is 15.4. The van der Waals surface area contributed by atoms with Crippen LogP contribution in [0.1, 0.15) is 52.0 Å². The highest BCUT2D eigenvalue weighted by molar-refractivity contribution is 5.90. The SMILES string of the molecule is CC(C)(C)OC(=O)N1CCN(c2cnc(N)c(C(=O)O)n2)CC1.Cn1cnc2ncc(N3CCN(C(=O)OC(C)(C)C)CC3)nc2c1=O. The Balaban J connectivity index is 0.000000218. The molecule has 2 fully saturated rings. The van der Waals surface area contributed by atoms with Crippen LogP contribution in [-0.4, -0.2) is 126 Å². The number of hydrogen-bond donors (Lipinski definition) is 2. The molecule has 2 aliphatic rings. The molecule has 0 aliphatic carbocycles. The number of nitrogens with two attached hydrogens (primary N) is 1. The van der Waals surface area contributed by atoms with Crippen LogP contribution in [0.3, 0.4) is 0 Å². The molecule has 2 saturated heterocycles. The fourth-order valence-corrected chi connectivity index (χ4v) is 4.71. The number of rotatable bonds is 3. The molecule has 18 nitrogen and oxygen atoms in total. The van der Waals surface area contributed by atoms with Crippen LogP contribution in [0.2, 0.25) is 0 Å². The molecule has 2 aliphatic heterocycles. The lowest BCUT2D eigenvalue weighted by Gasteiger charge is -2.36. The van der Waals surface area contributed by atoms with Crippen LogP contribution in [0, 0.1) is 0 Å². The third-order valence-corrected chi connectivity index (χ3v) is 7.12. The number of fused-ring (bicyclic) bond motifs is 1. The number of hydrogen-bond acceptors (Lipinski definition) is 14. The number of aromatic carboxylic acids is 1. The van der Waals surface area contributed by atoms with Crippen LogP contribution in [0.15, 0.2) is 23.5 Å². The number of aromatic nitrogens is 6. The lowest BCUT2D eigenvalue weighted by molar-refractivity contribution is 0.0230. The van der Waals surface area contributed by atoms with E-state index in [1.54, 1.807) is 23.0 Å². The van der Waals surface area contributed by atoms with Crippen molar-refractivity contribution in [3.05, 3.63) is 34.8 Å². The van der Waals surface area contributed by atoms with Crippen LogP contribution in [0.4, 0.5) is 27.0 Å². The average Bonchev–Trinajstić information content (AvgIpc) is 3.02. The van der Waals surface area contributed by atoms with Crippen molar-refractivity contribution in [3.8, 4) is 0 Å². The zero-order chi connectivity index (χ0) is 35.4. The number of ether oxygens (including phenoxy) is 2. The predicted molar refractivity (Wildman–Crippen MR) is 176 cm³/mol. The number of carboxylic acids is 1. The summed E-state index contributed by atoms with van der Waals surface area (Å²) in [6.45, 7) is 15.2. The monoisotopic (exact) mass is 669 g/mol. The summed E-state index contributed by atoms with van der Waals surface area (Å²) in [4.78, 5) is 75.2. The quantitative estimate of drug-likeness (QED) is 0.405. The molecule has 260 valence electrons. The number of aryl methyl sites for hydroxylation is 1. The van der Waals surface area contributed by atoms with Crippen molar-refractivity contribution >= 4 is 46.8 Å². The molecule has 0 atom stereocenters. The van der Waals surface area contributed by atoms with Gasteiger partial charge in [-0.05, 0) is 41.5 Å². The highest BCUT2D eigenvalue weighted by Crippen LogP contribution is 2.19. The van der Waals surface area contributed by atoms with Crippen molar-refractivity contribution in [3.63, 3.8) is 0 Å². The summed E-state index contributed by atoms with van der Waals surface area (Å²) in [6.07, 6.45) is 3.81. The summed E-state index contributed by atoms with van der Waals surface area (Å²) in [5.74, 6) is -0.292. The Morgan fingerprint density at radius 1 is 0.750 bits per heavy atom. The molecule has 18 heteroatoms. The number of amides is 2. The van der Waals surface area contributed by atoms with Crippen molar-refractivity contribution in [2.75, 3.05) is 67.9 Å². The standard InChI is InChI=1S/C16H22N6O3.C14H21N5O4/c1-16(2,3)25-15(24)22-7-5-21(6-8-22)11-9-17-13-12(19-11)14(23)20(4)10-18-13;1-14(2,3)23-13(22)19-6-4-18(5-7-19)9-8-16-11(15)10(17-9)12(20)21/h9-10H,5-8H2,1-4H3;8H,4-7H2,1-3H3,(H2,15,16)(H,20,21). The van der Waals surface area contributed by atoms with Gasteiger partial charge in [0.2, 0.25) is 0 Å². The van der Waals surface area contributed by atoms with Gasteiger partial charge in [0.25, 0.3) is 5.56 Å². The van der Waals surface area contributed by atoms with Crippen molar-refractivity contribution in [2.45, 2.75) is 52.7 Å². The van der Waals surface area contributed by atoms with Gasteiger partial charge < -0.3 is 44.5 Å². The zero-order valence-electron chi connectivity index (χ0n) is 28.3. The largest absolute Gasteiger partial charge is 0.476 e. The van der Waals surface area contributed by atoms with Crippen molar-refractivity contribution in [2.24, 2.45) is 7.05 Å². The summed E-state index contributed by atoms with van der Waals surface area (Å²) in [5.41, 5.74) is 4.54. The Labute approximate surface area is 277 Å². The minimum Gasteiger partial charge on any atom is -0.476 e. The van der Waals surface area contributed by atoms with Crippen LogP contribution in [0.25, 0.3) is 11.2 Å². The number of carbonyl (C=O) groups excluding carboxylic acids is 2. The fourth-order valence-electron chi connectivity index (χ4n) is 4.71. The van der Waals surface area contributed by atoms with Gasteiger partial charge in [-0.15, -0.1) is 0 Å². The van der Waals surface area contributed by atoms with Gasteiger partial charge in [-0.2, -0.15) is 0 Å².